The molecule has 0 saturated carbocycles. The Balaban J connectivity index is 2.06. The molecule has 0 bridgehead atoms. The van der Waals surface area contributed by atoms with Crippen LogP contribution in [0.5, 0.6) is 0 Å². The van der Waals surface area contributed by atoms with E-state index in [0.717, 1.165) is 6.07 Å². The van der Waals surface area contributed by atoms with Gasteiger partial charge in [-0.1, -0.05) is 23.7 Å². The second-order valence-electron chi connectivity index (χ2n) is 6.17. The number of ether oxygens (including phenoxy) is 1. The molecule has 3 rings (SSSR count). The van der Waals surface area contributed by atoms with Crippen molar-refractivity contribution in [3.05, 3.63) is 58.6 Å². The molecule has 150 valence electrons. The first kappa shape index (κ1) is 20.4. The topological polar surface area (TPSA) is 84.5 Å². The maximum absolute atomic E-state index is 14.0. The average Bonchev–Trinajstić information content (AvgIpc) is 2.59. The Labute approximate surface area is 163 Å². The normalized spacial score (nSPS) is 19.5. The molecular weight excluding hydrogens is 421 g/mol. The summed E-state index contributed by atoms with van der Waals surface area (Å²) in [4.78, 5) is 11.6. The summed E-state index contributed by atoms with van der Waals surface area (Å²) in [5.41, 5.74) is -3.31. The molecule has 1 aliphatic rings. The lowest BCUT2D eigenvalue weighted by Gasteiger charge is -2.39. The largest absolute Gasteiger partial charge is 0.434 e. The molecule has 0 fully saturated rings. The number of carbonyl (C=O) groups is 1. The minimum Gasteiger partial charge on any atom is -0.426 e. The molecule has 1 aliphatic heterocycles. The Kier molecular flexibility index (Phi) is 5.07. The van der Waals surface area contributed by atoms with Crippen molar-refractivity contribution in [1.29, 1.82) is 0 Å². The van der Waals surface area contributed by atoms with E-state index in [4.69, 9.17) is 11.6 Å². The molecule has 2 aromatic carbocycles. The monoisotopic (exact) mass is 434 g/mol. The summed E-state index contributed by atoms with van der Waals surface area (Å²) in [6, 6.07) is 9.12. The van der Waals surface area contributed by atoms with Crippen LogP contribution in [0.25, 0.3) is 0 Å². The highest BCUT2D eigenvalue weighted by atomic mass is 35.5. The van der Waals surface area contributed by atoms with Gasteiger partial charge in [-0.15, -0.1) is 0 Å². The molecule has 28 heavy (non-hydrogen) atoms. The number of halogens is 4. The van der Waals surface area contributed by atoms with Crippen molar-refractivity contribution >= 4 is 33.4 Å². The summed E-state index contributed by atoms with van der Waals surface area (Å²) < 4.78 is 73.6. The molecule has 0 spiro atoms. The molecular formula is C17H14ClF3N2O4S. The minimum atomic E-state index is -5.13. The first-order valence-corrected chi connectivity index (χ1v) is 9.74. The lowest BCUT2D eigenvalue weighted by molar-refractivity contribution is -0.261. The number of anilines is 1. The van der Waals surface area contributed by atoms with Crippen molar-refractivity contribution in [1.82, 2.24) is 4.72 Å². The van der Waals surface area contributed by atoms with E-state index in [0.29, 0.717) is 5.56 Å². The van der Waals surface area contributed by atoms with E-state index in [-0.39, 0.29) is 15.6 Å². The van der Waals surface area contributed by atoms with Crippen LogP contribution in [0.2, 0.25) is 5.02 Å². The van der Waals surface area contributed by atoms with Gasteiger partial charge < -0.3 is 4.74 Å². The summed E-state index contributed by atoms with van der Waals surface area (Å²) in [6.45, 7) is 0.386. The molecule has 0 saturated heterocycles. The molecule has 6 nitrogen and oxygen atoms in total. The van der Waals surface area contributed by atoms with Crippen LogP contribution < -0.4 is 10.0 Å². The van der Waals surface area contributed by atoms with Gasteiger partial charge in [0, 0.05) is 10.6 Å². The third-order valence-corrected chi connectivity index (χ3v) is 5.82. The van der Waals surface area contributed by atoms with E-state index in [1.807, 2.05) is 4.72 Å². The van der Waals surface area contributed by atoms with Crippen LogP contribution >= 0.6 is 11.6 Å². The number of rotatable bonds is 4. The average molecular weight is 435 g/mol. The van der Waals surface area contributed by atoms with Gasteiger partial charge in [0.05, 0.1) is 17.1 Å². The molecule has 1 heterocycles. The van der Waals surface area contributed by atoms with Crippen molar-refractivity contribution < 1.29 is 31.1 Å². The van der Waals surface area contributed by atoms with E-state index < -0.39 is 40.0 Å². The number of amides is 1. The first-order valence-electron chi connectivity index (χ1n) is 7.88. The summed E-state index contributed by atoms with van der Waals surface area (Å²) in [5.74, 6) is 0. The lowest BCUT2D eigenvalue weighted by atomic mass is 9.90. The Bertz CT molecular complexity index is 1040. The highest BCUT2D eigenvalue weighted by molar-refractivity contribution is 7.89. The van der Waals surface area contributed by atoms with Crippen molar-refractivity contribution in [2.24, 2.45) is 0 Å². The maximum atomic E-state index is 14.0. The summed E-state index contributed by atoms with van der Waals surface area (Å²) in [5, 5.41) is 2.12. The van der Waals surface area contributed by atoms with Gasteiger partial charge in [0.2, 0.25) is 15.6 Å². The molecule has 11 heteroatoms. The van der Waals surface area contributed by atoms with Crippen molar-refractivity contribution in [2.45, 2.75) is 23.6 Å². The van der Waals surface area contributed by atoms with Gasteiger partial charge in [0.1, 0.15) is 0 Å². The van der Waals surface area contributed by atoms with E-state index in [1.54, 1.807) is 13.0 Å². The summed E-state index contributed by atoms with van der Waals surface area (Å²) >= 11 is 5.82. The van der Waals surface area contributed by atoms with Gasteiger partial charge in [-0.2, -0.15) is 13.2 Å². The maximum Gasteiger partial charge on any atom is 0.434 e. The lowest BCUT2D eigenvalue weighted by Crippen LogP contribution is -2.56. The van der Waals surface area contributed by atoms with E-state index in [9.17, 15) is 26.4 Å². The van der Waals surface area contributed by atoms with Gasteiger partial charge in [-0.25, -0.2) is 17.9 Å². The fourth-order valence-electron chi connectivity index (χ4n) is 2.81. The van der Waals surface area contributed by atoms with E-state index in [2.05, 4.69) is 10.1 Å². The molecule has 0 radical (unpaired) electrons. The second kappa shape index (κ2) is 6.94. The van der Waals surface area contributed by atoms with Gasteiger partial charge >= 0.3 is 12.3 Å². The van der Waals surface area contributed by atoms with Crippen LogP contribution in [-0.4, -0.2) is 27.2 Å². The fraction of sp³-hybridized carbons (Fsp3) is 0.235. The number of alkyl halides is 3. The molecule has 1 unspecified atom stereocenters. The molecule has 1 amide bonds. The smallest absolute Gasteiger partial charge is 0.426 e. The minimum absolute atomic E-state index is 0.0336. The number of aryl methyl sites for hydroxylation is 1. The fourth-order valence-corrected chi connectivity index (χ4v) is 4.14. The standard InChI is InChI=1S/C17H14ClF3N2O4S/c1-10-3-2-4-12(7-10)28(25,26)22-9-16(17(19,20)21)13-8-11(18)5-6-14(13)23-15(24)27-16/h2-8,22H,9H2,1H3,(H,23,24). The number of carbonyl (C=O) groups excluding carboxylic acids is 1. The van der Waals surface area contributed by atoms with Crippen LogP contribution in [-0.2, 0) is 20.4 Å². The zero-order chi connectivity index (χ0) is 20.7. The van der Waals surface area contributed by atoms with Crippen LogP contribution in [0, 0.1) is 6.92 Å². The Morgan fingerprint density at radius 1 is 1.21 bits per heavy atom. The second-order valence-corrected chi connectivity index (χ2v) is 8.37. The molecule has 0 aliphatic carbocycles. The number of nitrogens with one attached hydrogen (secondary N) is 2. The predicted octanol–water partition coefficient (Wildman–Crippen LogP) is 3.95. The number of fused-ring (bicyclic) bond motifs is 1. The number of sulfonamides is 1. The van der Waals surface area contributed by atoms with Crippen LogP contribution in [0.4, 0.5) is 23.7 Å². The summed E-state index contributed by atoms with van der Waals surface area (Å²) in [6.07, 6.45) is -6.49. The number of cyclic esters (lactones) is 1. The first-order chi connectivity index (χ1) is 12.9. The van der Waals surface area contributed by atoms with Crippen LogP contribution in [0.1, 0.15) is 11.1 Å². The van der Waals surface area contributed by atoms with Gasteiger partial charge in [-0.3, -0.25) is 5.32 Å². The number of hydrogen-bond donors (Lipinski definition) is 2. The van der Waals surface area contributed by atoms with Crippen molar-refractivity contribution in [3.8, 4) is 0 Å². The van der Waals surface area contributed by atoms with Gasteiger partial charge in [0.15, 0.2) is 0 Å². The Hall–Kier alpha value is -2.30. The Morgan fingerprint density at radius 3 is 2.57 bits per heavy atom. The molecule has 0 aromatic heterocycles. The predicted molar refractivity (Wildman–Crippen MR) is 95.7 cm³/mol. The zero-order valence-corrected chi connectivity index (χ0v) is 15.9. The summed E-state index contributed by atoms with van der Waals surface area (Å²) in [7, 11) is -4.31. The zero-order valence-electron chi connectivity index (χ0n) is 14.3. The SMILES string of the molecule is Cc1cccc(S(=O)(=O)NCC2(C(F)(F)F)OC(=O)Nc3ccc(Cl)cc32)c1. The number of benzene rings is 2. The Morgan fingerprint density at radius 2 is 1.93 bits per heavy atom. The van der Waals surface area contributed by atoms with Crippen molar-refractivity contribution in [3.63, 3.8) is 0 Å². The van der Waals surface area contributed by atoms with Crippen LogP contribution in [0.3, 0.4) is 0 Å². The van der Waals surface area contributed by atoms with Gasteiger partial charge in [0.25, 0.3) is 0 Å². The molecule has 2 N–H and O–H groups in total. The molecule has 1 atom stereocenters. The highest BCUT2D eigenvalue weighted by Gasteiger charge is 2.62. The van der Waals surface area contributed by atoms with Gasteiger partial charge in [-0.05, 0) is 42.8 Å². The quantitative estimate of drug-likeness (QED) is 0.763. The van der Waals surface area contributed by atoms with Crippen LogP contribution in [0.15, 0.2) is 47.4 Å². The number of hydrogen-bond acceptors (Lipinski definition) is 4. The van der Waals surface area contributed by atoms with E-state index in [1.165, 1.54) is 30.3 Å². The third-order valence-electron chi connectivity index (χ3n) is 4.19. The van der Waals surface area contributed by atoms with Crippen molar-refractivity contribution in [2.75, 3.05) is 11.9 Å². The van der Waals surface area contributed by atoms with E-state index >= 15 is 0 Å². The molecule has 2 aromatic rings. The third kappa shape index (κ3) is 3.67. The highest BCUT2D eigenvalue weighted by Crippen LogP contribution is 2.48.